The molecule has 0 saturated heterocycles. The lowest BCUT2D eigenvalue weighted by Crippen LogP contribution is -2.57. The van der Waals surface area contributed by atoms with Crippen LogP contribution in [-0.2, 0) is 19.1 Å². The van der Waals surface area contributed by atoms with Crippen molar-refractivity contribution in [2.75, 3.05) is 0 Å². The Bertz CT molecular complexity index is 415. The Morgan fingerprint density at radius 2 is 1.55 bits per heavy atom. The van der Waals surface area contributed by atoms with Gasteiger partial charge in [0, 0.05) is 0 Å². The third-order valence-corrected chi connectivity index (χ3v) is 2.60. The SMILES string of the molecule is C[C@H](N)C(=O)N[C@@H](C(=O)N[C@@H](C)C(=O)OC(C)(C)C)[C@@H](C)O. The van der Waals surface area contributed by atoms with E-state index in [2.05, 4.69) is 10.6 Å². The quantitative estimate of drug-likeness (QED) is 0.467. The monoisotopic (exact) mass is 317 g/mol. The number of nitrogens with two attached hydrogens (primary N) is 1. The summed E-state index contributed by atoms with van der Waals surface area (Å²) in [5, 5.41) is 14.3. The first-order valence-corrected chi connectivity index (χ1v) is 7.12. The van der Waals surface area contributed by atoms with Crippen LogP contribution < -0.4 is 16.4 Å². The van der Waals surface area contributed by atoms with Crippen LogP contribution in [0.15, 0.2) is 0 Å². The van der Waals surface area contributed by atoms with E-state index in [0.29, 0.717) is 0 Å². The molecule has 0 aromatic heterocycles. The Kier molecular flexibility index (Phi) is 7.48. The van der Waals surface area contributed by atoms with Gasteiger partial charge in [0.25, 0.3) is 0 Å². The highest BCUT2D eigenvalue weighted by molar-refractivity contribution is 5.92. The van der Waals surface area contributed by atoms with E-state index in [1.807, 2.05) is 0 Å². The number of hydrogen-bond acceptors (Lipinski definition) is 6. The average molecular weight is 317 g/mol. The van der Waals surface area contributed by atoms with Crippen LogP contribution in [0.25, 0.3) is 0 Å². The van der Waals surface area contributed by atoms with E-state index in [9.17, 15) is 19.5 Å². The number of ether oxygens (including phenoxy) is 1. The van der Waals surface area contributed by atoms with Crippen molar-refractivity contribution < 1.29 is 24.2 Å². The number of aliphatic hydroxyl groups is 1. The molecule has 4 atom stereocenters. The molecule has 0 saturated carbocycles. The number of aliphatic hydroxyl groups excluding tert-OH is 1. The Balaban J connectivity index is 4.76. The van der Waals surface area contributed by atoms with Gasteiger partial charge in [-0.15, -0.1) is 0 Å². The first-order chi connectivity index (χ1) is 9.85. The van der Waals surface area contributed by atoms with Crippen LogP contribution in [-0.4, -0.2) is 52.7 Å². The summed E-state index contributed by atoms with van der Waals surface area (Å²) < 4.78 is 5.14. The molecule has 0 heterocycles. The zero-order chi connectivity index (χ0) is 17.7. The Morgan fingerprint density at radius 1 is 1.05 bits per heavy atom. The second-order valence-corrected chi connectivity index (χ2v) is 6.28. The van der Waals surface area contributed by atoms with Gasteiger partial charge in [-0.3, -0.25) is 9.59 Å². The molecule has 22 heavy (non-hydrogen) atoms. The first-order valence-electron chi connectivity index (χ1n) is 7.12. The topological polar surface area (TPSA) is 131 Å². The van der Waals surface area contributed by atoms with Crippen LogP contribution >= 0.6 is 0 Å². The van der Waals surface area contributed by atoms with Crippen LogP contribution in [0.4, 0.5) is 0 Å². The van der Waals surface area contributed by atoms with E-state index in [-0.39, 0.29) is 0 Å². The molecule has 0 aliphatic rings. The summed E-state index contributed by atoms with van der Waals surface area (Å²) in [4.78, 5) is 35.4. The van der Waals surface area contributed by atoms with Gasteiger partial charge in [0.1, 0.15) is 17.7 Å². The molecule has 0 fully saturated rings. The number of nitrogens with one attached hydrogen (secondary N) is 2. The van der Waals surface area contributed by atoms with Gasteiger partial charge in [-0.2, -0.15) is 0 Å². The molecule has 0 aliphatic heterocycles. The van der Waals surface area contributed by atoms with Crippen molar-refractivity contribution in [1.82, 2.24) is 10.6 Å². The summed E-state index contributed by atoms with van der Waals surface area (Å²) in [5.41, 5.74) is 4.73. The Morgan fingerprint density at radius 3 is 1.91 bits per heavy atom. The first kappa shape index (κ1) is 20.3. The van der Waals surface area contributed by atoms with Crippen LogP contribution in [0.3, 0.4) is 0 Å². The van der Waals surface area contributed by atoms with E-state index in [4.69, 9.17) is 10.5 Å². The fourth-order valence-corrected chi connectivity index (χ4v) is 1.44. The fourth-order valence-electron chi connectivity index (χ4n) is 1.44. The molecule has 0 radical (unpaired) electrons. The molecule has 2 amide bonds. The van der Waals surface area contributed by atoms with Crippen molar-refractivity contribution in [2.24, 2.45) is 5.73 Å². The number of rotatable bonds is 6. The number of amides is 2. The molecule has 0 unspecified atom stereocenters. The van der Waals surface area contributed by atoms with Crippen LogP contribution in [0, 0.1) is 0 Å². The van der Waals surface area contributed by atoms with Crippen molar-refractivity contribution in [2.45, 2.75) is 71.4 Å². The summed E-state index contributed by atoms with van der Waals surface area (Å²) in [7, 11) is 0. The average Bonchev–Trinajstić information content (AvgIpc) is 2.32. The molecule has 128 valence electrons. The molecule has 0 aromatic carbocycles. The maximum absolute atomic E-state index is 12.1. The molecule has 8 heteroatoms. The maximum Gasteiger partial charge on any atom is 0.328 e. The van der Waals surface area contributed by atoms with Gasteiger partial charge in [0.05, 0.1) is 12.1 Å². The van der Waals surface area contributed by atoms with Crippen molar-refractivity contribution >= 4 is 17.8 Å². The molecule has 5 N–H and O–H groups in total. The van der Waals surface area contributed by atoms with Gasteiger partial charge in [-0.25, -0.2) is 4.79 Å². The lowest BCUT2D eigenvalue weighted by atomic mass is 10.1. The predicted octanol–water partition coefficient (Wildman–Crippen LogP) is -0.954. The summed E-state index contributed by atoms with van der Waals surface area (Å²) in [5.74, 6) is -1.88. The van der Waals surface area contributed by atoms with Gasteiger partial charge in [0.2, 0.25) is 11.8 Å². The molecule has 8 nitrogen and oxygen atoms in total. The molecular weight excluding hydrogens is 290 g/mol. The maximum atomic E-state index is 12.1. The number of carbonyl (C=O) groups is 3. The standard InChI is InChI=1S/C14H27N3O5/c1-7(15)11(19)17-10(9(3)18)12(20)16-8(2)13(21)22-14(4,5)6/h7-10,18H,15H2,1-6H3,(H,16,20)(H,17,19)/t7-,8-,9+,10+/m0/s1. The van der Waals surface area contributed by atoms with Gasteiger partial charge in [-0.1, -0.05) is 0 Å². The fraction of sp³-hybridized carbons (Fsp3) is 0.786. The number of hydrogen-bond donors (Lipinski definition) is 4. The third kappa shape index (κ3) is 7.37. The predicted molar refractivity (Wildman–Crippen MR) is 80.7 cm³/mol. The zero-order valence-corrected chi connectivity index (χ0v) is 14.0. The summed E-state index contributed by atoms with van der Waals surface area (Å²) in [6.07, 6.45) is -1.14. The highest BCUT2D eigenvalue weighted by Gasteiger charge is 2.30. The Labute approximate surface area is 130 Å². The molecule has 0 aliphatic carbocycles. The minimum Gasteiger partial charge on any atom is -0.458 e. The van der Waals surface area contributed by atoms with Crippen molar-refractivity contribution in [1.29, 1.82) is 0 Å². The molecule has 0 rings (SSSR count). The highest BCUT2D eigenvalue weighted by atomic mass is 16.6. The second kappa shape index (κ2) is 8.09. The number of carbonyl (C=O) groups excluding carboxylic acids is 3. The van der Waals surface area contributed by atoms with E-state index in [0.717, 1.165) is 0 Å². The van der Waals surface area contributed by atoms with Crippen LogP contribution in [0.5, 0.6) is 0 Å². The lowest BCUT2D eigenvalue weighted by Gasteiger charge is -2.25. The third-order valence-electron chi connectivity index (χ3n) is 2.60. The van der Waals surface area contributed by atoms with Crippen LogP contribution in [0.2, 0.25) is 0 Å². The van der Waals surface area contributed by atoms with Gasteiger partial charge < -0.3 is 26.2 Å². The molecular formula is C14H27N3O5. The summed E-state index contributed by atoms with van der Waals surface area (Å²) in [6, 6.07) is -2.94. The molecule has 0 aromatic rings. The number of esters is 1. The van der Waals surface area contributed by atoms with Gasteiger partial charge >= 0.3 is 5.97 Å². The highest BCUT2D eigenvalue weighted by Crippen LogP contribution is 2.08. The minimum atomic E-state index is -1.21. The Hall–Kier alpha value is -1.67. The minimum absolute atomic E-state index is 0.578. The normalized spacial score (nSPS) is 16.9. The van der Waals surface area contributed by atoms with Crippen molar-refractivity contribution in [3.05, 3.63) is 0 Å². The second-order valence-electron chi connectivity index (χ2n) is 6.28. The van der Waals surface area contributed by atoms with E-state index >= 15 is 0 Å². The molecule has 0 bridgehead atoms. The van der Waals surface area contributed by atoms with Gasteiger partial charge in [0.15, 0.2) is 0 Å². The largest absolute Gasteiger partial charge is 0.458 e. The lowest BCUT2D eigenvalue weighted by molar-refractivity contribution is -0.158. The van der Waals surface area contributed by atoms with E-state index < -0.39 is 47.6 Å². The van der Waals surface area contributed by atoms with Gasteiger partial charge in [-0.05, 0) is 41.5 Å². The summed E-state index contributed by atoms with van der Waals surface area (Å²) >= 11 is 0. The summed E-state index contributed by atoms with van der Waals surface area (Å²) in [6.45, 7) is 9.39. The van der Waals surface area contributed by atoms with E-state index in [1.165, 1.54) is 20.8 Å². The van der Waals surface area contributed by atoms with Crippen molar-refractivity contribution in [3.8, 4) is 0 Å². The van der Waals surface area contributed by atoms with Crippen molar-refractivity contribution in [3.63, 3.8) is 0 Å². The van der Waals surface area contributed by atoms with Crippen LogP contribution in [0.1, 0.15) is 41.5 Å². The smallest absolute Gasteiger partial charge is 0.328 e. The zero-order valence-electron chi connectivity index (χ0n) is 14.0. The van der Waals surface area contributed by atoms with E-state index in [1.54, 1.807) is 20.8 Å². The molecule has 0 spiro atoms.